The summed E-state index contributed by atoms with van der Waals surface area (Å²) in [6.07, 6.45) is 6.69. The van der Waals surface area contributed by atoms with Crippen molar-refractivity contribution < 1.29 is 4.79 Å². The van der Waals surface area contributed by atoms with Gasteiger partial charge in [-0.25, -0.2) is 14.8 Å². The molecule has 2 amide bonds. The zero-order chi connectivity index (χ0) is 23.2. The fourth-order valence-corrected chi connectivity index (χ4v) is 5.20. The normalized spacial score (nSPS) is 22.4. The van der Waals surface area contributed by atoms with Crippen molar-refractivity contribution >= 4 is 23.6 Å². The molecule has 2 aromatic rings. The maximum Gasteiger partial charge on any atom is 0.318 e. The highest BCUT2D eigenvalue weighted by atomic mass is 35.5. The van der Waals surface area contributed by atoms with Crippen molar-refractivity contribution in [1.82, 2.24) is 25.1 Å². The number of halogens is 1. The number of hydrogen-bond acceptors (Lipinski definition) is 5. The summed E-state index contributed by atoms with van der Waals surface area (Å²) in [5.41, 5.74) is 1.38. The maximum absolute atomic E-state index is 12.9. The number of hydrogen-bond donors (Lipinski definition) is 1. The van der Waals surface area contributed by atoms with E-state index in [0.717, 1.165) is 32.6 Å². The molecule has 0 spiro atoms. The first kappa shape index (κ1) is 23.8. The molecule has 2 unspecified atom stereocenters. The summed E-state index contributed by atoms with van der Waals surface area (Å²) in [4.78, 5) is 28.2. The molecule has 0 bridgehead atoms. The number of benzene rings is 1. The zero-order valence-corrected chi connectivity index (χ0v) is 20.4. The van der Waals surface area contributed by atoms with Gasteiger partial charge >= 0.3 is 6.03 Å². The fraction of sp³-hybridized carbons (Fsp3) is 0.560. The minimum absolute atomic E-state index is 0.0354. The monoisotopic (exact) mass is 470 g/mol. The van der Waals surface area contributed by atoms with Crippen LogP contribution in [0, 0.1) is 5.92 Å². The second-order valence-corrected chi connectivity index (χ2v) is 9.87. The number of anilines is 1. The Morgan fingerprint density at radius 1 is 1.06 bits per heavy atom. The molecule has 33 heavy (non-hydrogen) atoms. The summed E-state index contributed by atoms with van der Waals surface area (Å²) in [6, 6.07) is 10.9. The van der Waals surface area contributed by atoms with E-state index in [2.05, 4.69) is 69.3 Å². The van der Waals surface area contributed by atoms with Crippen molar-refractivity contribution in [1.29, 1.82) is 0 Å². The second-order valence-electron chi connectivity index (χ2n) is 9.44. The Bertz CT molecular complexity index is 876. The van der Waals surface area contributed by atoms with E-state index in [1.807, 2.05) is 4.90 Å². The molecule has 7 nitrogen and oxygen atoms in total. The second kappa shape index (κ2) is 11.2. The molecular weight excluding hydrogens is 436 g/mol. The van der Waals surface area contributed by atoms with Gasteiger partial charge in [0.15, 0.2) is 0 Å². The number of piperidine rings is 1. The lowest BCUT2D eigenvalue weighted by Crippen LogP contribution is -2.61. The smallest absolute Gasteiger partial charge is 0.318 e. The van der Waals surface area contributed by atoms with Crippen LogP contribution in [0.25, 0.3) is 0 Å². The molecule has 1 aromatic heterocycles. The van der Waals surface area contributed by atoms with Gasteiger partial charge < -0.3 is 15.1 Å². The molecule has 1 aromatic carbocycles. The summed E-state index contributed by atoms with van der Waals surface area (Å²) in [5.74, 6) is 1.35. The Balaban J connectivity index is 1.18. The van der Waals surface area contributed by atoms with Gasteiger partial charge in [-0.05, 0) is 57.7 Å². The molecule has 8 heteroatoms. The molecule has 4 rings (SSSR count). The van der Waals surface area contributed by atoms with Gasteiger partial charge in [0.25, 0.3) is 0 Å². The van der Waals surface area contributed by atoms with Crippen molar-refractivity contribution in [2.75, 3.05) is 37.6 Å². The van der Waals surface area contributed by atoms with E-state index < -0.39 is 0 Å². The number of likely N-dealkylation sites (tertiary alicyclic amines) is 1. The quantitative estimate of drug-likeness (QED) is 0.690. The van der Waals surface area contributed by atoms with Crippen LogP contribution in [-0.4, -0.2) is 70.6 Å². The van der Waals surface area contributed by atoms with Crippen LogP contribution >= 0.6 is 11.6 Å². The van der Waals surface area contributed by atoms with Crippen molar-refractivity contribution in [3.05, 3.63) is 53.3 Å². The van der Waals surface area contributed by atoms with E-state index in [4.69, 9.17) is 11.6 Å². The van der Waals surface area contributed by atoms with E-state index in [1.54, 1.807) is 12.4 Å². The van der Waals surface area contributed by atoms with Crippen LogP contribution in [0.5, 0.6) is 0 Å². The van der Waals surface area contributed by atoms with Crippen LogP contribution in [0.1, 0.15) is 38.7 Å². The average molecular weight is 471 g/mol. The van der Waals surface area contributed by atoms with E-state index in [9.17, 15) is 4.79 Å². The van der Waals surface area contributed by atoms with Crippen LogP contribution < -0.4 is 10.2 Å². The van der Waals surface area contributed by atoms with E-state index in [-0.39, 0.29) is 18.1 Å². The van der Waals surface area contributed by atoms with Crippen molar-refractivity contribution in [3.63, 3.8) is 0 Å². The number of urea groups is 1. The Morgan fingerprint density at radius 3 is 2.33 bits per heavy atom. The molecule has 3 heterocycles. The molecule has 2 aliphatic heterocycles. The average Bonchev–Trinajstić information content (AvgIpc) is 2.81. The topological polar surface area (TPSA) is 64.6 Å². The summed E-state index contributed by atoms with van der Waals surface area (Å²) < 4.78 is 0. The number of carbonyl (C=O) groups excluding carboxylic acids is 1. The maximum atomic E-state index is 12.9. The lowest BCUT2D eigenvalue weighted by Gasteiger charge is -2.44. The van der Waals surface area contributed by atoms with Crippen molar-refractivity contribution in [2.24, 2.45) is 5.92 Å². The first-order valence-electron chi connectivity index (χ1n) is 12.0. The molecule has 178 valence electrons. The van der Waals surface area contributed by atoms with Gasteiger partial charge in [-0.1, -0.05) is 41.9 Å². The first-order chi connectivity index (χ1) is 16.0. The Morgan fingerprint density at radius 2 is 1.70 bits per heavy atom. The van der Waals surface area contributed by atoms with Crippen LogP contribution in [0.15, 0.2) is 42.7 Å². The number of carbonyl (C=O) groups is 1. The molecule has 0 radical (unpaired) electrons. The van der Waals surface area contributed by atoms with Gasteiger partial charge in [0.05, 0.1) is 17.4 Å². The van der Waals surface area contributed by atoms with E-state index in [1.165, 1.54) is 18.4 Å². The molecule has 2 aliphatic rings. The van der Waals surface area contributed by atoms with Crippen molar-refractivity contribution in [3.8, 4) is 0 Å². The van der Waals surface area contributed by atoms with Crippen molar-refractivity contribution in [2.45, 2.75) is 51.7 Å². The van der Waals surface area contributed by atoms with E-state index in [0.29, 0.717) is 30.0 Å². The minimum Gasteiger partial charge on any atom is -0.338 e. The number of nitrogens with one attached hydrogen (secondary N) is 1. The number of piperazine rings is 1. The lowest BCUT2D eigenvalue weighted by atomic mass is 9.93. The molecule has 0 saturated carbocycles. The number of rotatable bonds is 6. The van der Waals surface area contributed by atoms with Gasteiger partial charge in [-0.15, -0.1) is 0 Å². The standard InChI is InChI=1S/C25H35ClN6O/c1-19-16-31(24-28-14-23(26)15-29-24)17-20(2)32(19)25(33)27-11-8-21-9-12-30(13-10-21)18-22-6-4-3-5-7-22/h3-7,14-15,19-21H,8-13,16-18H2,1-2H3,(H,27,33). The minimum atomic E-state index is 0.0354. The molecule has 2 fully saturated rings. The highest BCUT2D eigenvalue weighted by Gasteiger charge is 2.33. The van der Waals surface area contributed by atoms with Gasteiger partial charge in [-0.2, -0.15) is 0 Å². The number of amides is 2. The summed E-state index contributed by atoms with van der Waals surface area (Å²) in [6.45, 7) is 9.63. The van der Waals surface area contributed by atoms with Gasteiger partial charge in [0, 0.05) is 38.3 Å². The molecule has 0 aliphatic carbocycles. The Hall–Kier alpha value is -2.38. The van der Waals surface area contributed by atoms with Crippen LogP contribution in [0.3, 0.4) is 0 Å². The highest BCUT2D eigenvalue weighted by molar-refractivity contribution is 6.30. The summed E-state index contributed by atoms with van der Waals surface area (Å²) in [5, 5.41) is 3.71. The zero-order valence-electron chi connectivity index (χ0n) is 19.7. The number of nitrogens with zero attached hydrogens (tertiary/aromatic N) is 5. The van der Waals surface area contributed by atoms with Gasteiger partial charge in [-0.3, -0.25) is 4.90 Å². The Labute approximate surface area is 202 Å². The predicted octanol–water partition coefficient (Wildman–Crippen LogP) is 4.04. The van der Waals surface area contributed by atoms with Gasteiger partial charge in [0.1, 0.15) is 0 Å². The molecule has 1 N–H and O–H groups in total. The first-order valence-corrected chi connectivity index (χ1v) is 12.4. The van der Waals surface area contributed by atoms with Gasteiger partial charge in [0.2, 0.25) is 5.95 Å². The third-order valence-corrected chi connectivity index (χ3v) is 7.02. The SMILES string of the molecule is CC1CN(c2ncc(Cl)cn2)CC(C)N1C(=O)NCCC1CCN(Cc2ccccc2)CC1. The third-order valence-electron chi connectivity index (χ3n) is 6.83. The molecular formula is C25H35ClN6O. The largest absolute Gasteiger partial charge is 0.338 e. The summed E-state index contributed by atoms with van der Waals surface area (Å²) in [7, 11) is 0. The third kappa shape index (κ3) is 6.36. The number of aromatic nitrogens is 2. The molecule has 2 saturated heterocycles. The highest BCUT2D eigenvalue weighted by Crippen LogP contribution is 2.23. The summed E-state index contributed by atoms with van der Waals surface area (Å²) >= 11 is 5.91. The van der Waals surface area contributed by atoms with E-state index >= 15 is 0 Å². The van der Waals surface area contributed by atoms with Crippen LogP contribution in [0.2, 0.25) is 5.02 Å². The predicted molar refractivity (Wildman–Crippen MR) is 132 cm³/mol. The van der Waals surface area contributed by atoms with Crippen LogP contribution in [-0.2, 0) is 6.54 Å². The molecule has 2 atom stereocenters. The van der Waals surface area contributed by atoms with Crippen LogP contribution in [0.4, 0.5) is 10.7 Å². The lowest BCUT2D eigenvalue weighted by molar-refractivity contribution is 0.139. The fourth-order valence-electron chi connectivity index (χ4n) is 5.10. The Kier molecular flexibility index (Phi) is 8.04.